The molecule has 0 fully saturated rings. The zero-order valence-corrected chi connectivity index (χ0v) is 8.91. The largest absolute Gasteiger partial charge is 0.344 e. The summed E-state index contributed by atoms with van der Waals surface area (Å²) < 4.78 is 47.2. The summed E-state index contributed by atoms with van der Waals surface area (Å²) >= 11 is 0. The third kappa shape index (κ3) is 1.18. The normalized spacial score (nSPS) is 18.6. The van der Waals surface area contributed by atoms with Crippen LogP contribution in [0.1, 0.15) is 19.4 Å². The second kappa shape index (κ2) is 3.11. The zero-order valence-electron chi connectivity index (χ0n) is 14.9. The number of hydrogen-bond acceptors (Lipinski definition) is 0. The molecule has 3 rings (SSSR count). The van der Waals surface area contributed by atoms with E-state index in [4.69, 9.17) is 8.22 Å². The molecule has 2 aromatic carbocycles. The molecule has 0 aliphatic carbocycles. The fourth-order valence-electron chi connectivity index (χ4n) is 2.22. The van der Waals surface area contributed by atoms with Crippen molar-refractivity contribution in [1.82, 2.24) is 4.57 Å². The third-order valence-electron chi connectivity index (χ3n) is 3.01. The molecule has 80 valence electrons. The first kappa shape index (κ1) is 5.05. The number of aryl methyl sites for hydroxylation is 3. The molecule has 0 saturated heterocycles. The second-order valence-corrected chi connectivity index (χ2v) is 4.02. The van der Waals surface area contributed by atoms with Gasteiger partial charge in [0.1, 0.15) is 0 Å². The van der Waals surface area contributed by atoms with Crippen molar-refractivity contribution < 1.29 is 8.22 Å². The van der Waals surface area contributed by atoms with E-state index in [2.05, 4.69) is 0 Å². The van der Waals surface area contributed by atoms with E-state index >= 15 is 0 Å². The van der Waals surface area contributed by atoms with Crippen LogP contribution in [0.3, 0.4) is 0 Å². The van der Waals surface area contributed by atoms with Gasteiger partial charge in [-0.1, -0.05) is 23.3 Å². The SMILES string of the molecule is [2H]C([2H])([2H])c1ccc2c(c1)c1cc(C([2H])([2H])[2H])ccc1n2C. The summed E-state index contributed by atoms with van der Waals surface area (Å²) in [5, 5.41) is 1.52. The number of aromatic nitrogens is 1. The second-order valence-electron chi connectivity index (χ2n) is 4.02. The van der Waals surface area contributed by atoms with Crippen LogP contribution >= 0.6 is 0 Å². The fraction of sp³-hybridized carbons (Fsp3) is 0.200. The van der Waals surface area contributed by atoms with Gasteiger partial charge in [0, 0.05) is 37.1 Å². The van der Waals surface area contributed by atoms with E-state index in [0.717, 1.165) is 21.8 Å². The van der Waals surface area contributed by atoms with Crippen molar-refractivity contribution in [3.05, 3.63) is 47.5 Å². The van der Waals surface area contributed by atoms with Crippen molar-refractivity contribution >= 4 is 21.8 Å². The molecule has 1 nitrogen and oxygen atoms in total. The lowest BCUT2D eigenvalue weighted by molar-refractivity contribution is 1.01. The average molecular weight is 215 g/mol. The van der Waals surface area contributed by atoms with Crippen LogP contribution in [-0.4, -0.2) is 4.57 Å². The quantitative estimate of drug-likeness (QED) is 0.535. The lowest BCUT2D eigenvalue weighted by Gasteiger charge is -1.97. The Morgan fingerprint density at radius 3 is 1.81 bits per heavy atom. The topological polar surface area (TPSA) is 4.93 Å². The Bertz CT molecular complexity index is 798. The highest BCUT2D eigenvalue weighted by atomic mass is 14.9. The fourth-order valence-corrected chi connectivity index (χ4v) is 2.22. The molecule has 0 saturated carbocycles. The van der Waals surface area contributed by atoms with E-state index in [1.807, 2.05) is 11.6 Å². The van der Waals surface area contributed by atoms with Gasteiger partial charge in [-0.25, -0.2) is 0 Å². The number of hydrogen-bond donors (Lipinski definition) is 0. The van der Waals surface area contributed by atoms with E-state index in [1.54, 1.807) is 36.4 Å². The Kier molecular flexibility index (Phi) is 0.982. The Labute approximate surface area is 104 Å². The molecule has 3 aromatic rings. The van der Waals surface area contributed by atoms with Crippen LogP contribution in [0.5, 0.6) is 0 Å². The molecule has 0 aliphatic heterocycles. The summed E-state index contributed by atoms with van der Waals surface area (Å²) in [4.78, 5) is 0. The van der Waals surface area contributed by atoms with Gasteiger partial charge < -0.3 is 4.57 Å². The number of rotatable bonds is 0. The van der Waals surface area contributed by atoms with E-state index in [9.17, 15) is 0 Å². The molecule has 0 radical (unpaired) electrons. The number of nitrogens with zero attached hydrogens (tertiary/aromatic N) is 1. The highest BCUT2D eigenvalue weighted by Crippen LogP contribution is 2.29. The van der Waals surface area contributed by atoms with Gasteiger partial charge in [-0.15, -0.1) is 0 Å². The van der Waals surface area contributed by atoms with Gasteiger partial charge in [0.15, 0.2) is 0 Å². The van der Waals surface area contributed by atoms with Crippen LogP contribution in [-0.2, 0) is 7.05 Å². The number of benzene rings is 2. The maximum Gasteiger partial charge on any atom is 0.0488 e. The lowest BCUT2D eigenvalue weighted by atomic mass is 10.1. The highest BCUT2D eigenvalue weighted by molar-refractivity contribution is 6.08. The van der Waals surface area contributed by atoms with Gasteiger partial charge in [-0.05, 0) is 38.0 Å². The van der Waals surface area contributed by atoms with Crippen molar-refractivity contribution in [3.63, 3.8) is 0 Å². The van der Waals surface area contributed by atoms with Gasteiger partial charge in [0.05, 0.1) is 0 Å². The van der Waals surface area contributed by atoms with Crippen molar-refractivity contribution in [3.8, 4) is 0 Å². The van der Waals surface area contributed by atoms with E-state index in [0.29, 0.717) is 0 Å². The standard InChI is InChI=1S/C15H15N/c1-10-4-6-14-12(8-10)13-9-11(2)5-7-15(13)16(14)3/h4-9H,1-3H3/i1D3,2D3. The van der Waals surface area contributed by atoms with Gasteiger partial charge in [-0.3, -0.25) is 0 Å². The Morgan fingerprint density at radius 2 is 1.38 bits per heavy atom. The zero-order chi connectivity index (χ0) is 16.3. The van der Waals surface area contributed by atoms with Crippen LogP contribution in [0.4, 0.5) is 0 Å². The van der Waals surface area contributed by atoms with E-state index in [-0.39, 0.29) is 11.1 Å². The molecule has 0 aliphatic rings. The summed E-state index contributed by atoms with van der Waals surface area (Å²) in [7, 11) is 1.88. The van der Waals surface area contributed by atoms with Crippen molar-refractivity contribution in [2.75, 3.05) is 0 Å². The van der Waals surface area contributed by atoms with E-state index in [1.165, 1.54) is 0 Å². The molecule has 1 aromatic heterocycles. The van der Waals surface area contributed by atoms with Crippen LogP contribution in [0, 0.1) is 13.7 Å². The van der Waals surface area contributed by atoms with Crippen LogP contribution < -0.4 is 0 Å². The molecule has 1 heterocycles. The van der Waals surface area contributed by atoms with Gasteiger partial charge in [0.2, 0.25) is 0 Å². The minimum atomic E-state index is -2.18. The van der Waals surface area contributed by atoms with E-state index < -0.39 is 13.7 Å². The summed E-state index contributed by atoms with van der Waals surface area (Å²) in [6.07, 6.45) is 0. The molecular weight excluding hydrogens is 194 g/mol. The molecule has 0 bridgehead atoms. The Balaban J connectivity index is 2.38. The summed E-state index contributed by atoms with van der Waals surface area (Å²) in [6.45, 7) is -4.37. The molecule has 0 atom stereocenters. The van der Waals surface area contributed by atoms with Crippen LogP contribution in [0.25, 0.3) is 21.8 Å². The first-order valence-corrected chi connectivity index (χ1v) is 5.12. The first-order valence-electron chi connectivity index (χ1n) is 8.12. The molecule has 0 unspecified atom stereocenters. The maximum absolute atomic E-state index is 7.54. The average Bonchev–Trinajstić information content (AvgIpc) is 2.70. The van der Waals surface area contributed by atoms with Crippen molar-refractivity contribution in [2.45, 2.75) is 13.7 Å². The maximum atomic E-state index is 7.54. The van der Waals surface area contributed by atoms with Crippen molar-refractivity contribution in [2.24, 2.45) is 7.05 Å². The Hall–Kier alpha value is -1.76. The summed E-state index contributed by atoms with van der Waals surface area (Å²) in [6, 6.07) is 10.00. The monoisotopic (exact) mass is 215 g/mol. The minimum Gasteiger partial charge on any atom is -0.344 e. The molecule has 0 amide bonds. The molecule has 16 heavy (non-hydrogen) atoms. The van der Waals surface area contributed by atoms with Gasteiger partial charge >= 0.3 is 0 Å². The van der Waals surface area contributed by atoms with Crippen LogP contribution in [0.2, 0.25) is 0 Å². The van der Waals surface area contributed by atoms with Gasteiger partial charge in [-0.2, -0.15) is 0 Å². The van der Waals surface area contributed by atoms with Gasteiger partial charge in [0.25, 0.3) is 0 Å². The minimum absolute atomic E-state index is 0.256. The Morgan fingerprint density at radius 1 is 0.875 bits per heavy atom. The smallest absolute Gasteiger partial charge is 0.0488 e. The predicted octanol–water partition coefficient (Wildman–Crippen LogP) is 3.95. The molecule has 1 heteroatoms. The molecular formula is C15H15N. The molecule has 0 N–H and O–H groups in total. The summed E-state index contributed by atoms with van der Waals surface area (Å²) in [5.74, 6) is 0. The van der Waals surface area contributed by atoms with Crippen molar-refractivity contribution in [1.29, 1.82) is 0 Å². The molecule has 0 spiro atoms. The third-order valence-corrected chi connectivity index (χ3v) is 3.01. The highest BCUT2D eigenvalue weighted by Gasteiger charge is 2.07. The number of fused-ring (bicyclic) bond motifs is 3. The summed E-state index contributed by atoms with van der Waals surface area (Å²) in [5.41, 5.74) is 2.27. The predicted molar refractivity (Wildman–Crippen MR) is 69.9 cm³/mol. The van der Waals surface area contributed by atoms with Crippen LogP contribution in [0.15, 0.2) is 36.4 Å². The first-order chi connectivity index (χ1) is 10.1. The lowest BCUT2D eigenvalue weighted by Crippen LogP contribution is -1.86.